The Morgan fingerprint density at radius 2 is 1.00 bits per heavy atom. The summed E-state index contributed by atoms with van der Waals surface area (Å²) in [6, 6.07) is 9.14. The first-order valence-corrected chi connectivity index (χ1v) is 8.67. The average molecular weight is 298 g/mol. The van der Waals surface area contributed by atoms with Crippen molar-refractivity contribution in [3.8, 4) is 0 Å². The van der Waals surface area contributed by atoms with E-state index in [4.69, 9.17) is 0 Å². The van der Waals surface area contributed by atoms with Crippen LogP contribution in [-0.2, 0) is 12.8 Å². The highest BCUT2D eigenvalue weighted by molar-refractivity contribution is 7.99. The van der Waals surface area contributed by atoms with Crippen LogP contribution in [0.3, 0.4) is 0 Å². The van der Waals surface area contributed by atoms with Crippen molar-refractivity contribution in [2.75, 3.05) is 0 Å². The Hall–Kier alpha value is -1.21. The zero-order valence-electron chi connectivity index (χ0n) is 14.1. The molecule has 0 atom stereocenters. The minimum absolute atomic E-state index is 1.11. The molecule has 0 aliphatic rings. The van der Waals surface area contributed by atoms with Gasteiger partial charge in [0.2, 0.25) is 0 Å². The molecule has 0 saturated heterocycles. The fraction of sp³-hybridized carbons (Fsp3) is 0.400. The second kappa shape index (κ2) is 6.70. The predicted octanol–water partition coefficient (Wildman–Crippen LogP) is 6.20. The third-order valence-corrected chi connectivity index (χ3v) is 6.01. The van der Waals surface area contributed by atoms with Crippen molar-refractivity contribution in [1.29, 1.82) is 0 Å². The van der Waals surface area contributed by atoms with E-state index in [-0.39, 0.29) is 0 Å². The van der Waals surface area contributed by atoms with Gasteiger partial charge in [0.15, 0.2) is 0 Å². The molecular formula is C20H26S. The van der Waals surface area contributed by atoms with Crippen LogP contribution in [0, 0.1) is 27.7 Å². The highest BCUT2D eigenvalue weighted by atomic mass is 32.2. The first kappa shape index (κ1) is 16.2. The van der Waals surface area contributed by atoms with Gasteiger partial charge in [0.05, 0.1) is 0 Å². The van der Waals surface area contributed by atoms with E-state index in [1.165, 1.54) is 43.2 Å². The second-order valence-corrected chi connectivity index (χ2v) is 6.84. The molecule has 0 aromatic heterocycles. The van der Waals surface area contributed by atoms with Gasteiger partial charge in [-0.2, -0.15) is 0 Å². The largest absolute Gasteiger partial charge is 0.0895 e. The minimum Gasteiger partial charge on any atom is -0.0895 e. The number of benzene rings is 2. The zero-order valence-corrected chi connectivity index (χ0v) is 14.9. The maximum Gasteiger partial charge on any atom is 0.0154 e. The third kappa shape index (κ3) is 3.18. The highest BCUT2D eigenvalue weighted by Crippen LogP contribution is 2.36. The third-order valence-electron chi connectivity index (χ3n) is 4.68. The molecule has 0 spiro atoms. The Bertz CT molecular complexity index is 596. The van der Waals surface area contributed by atoms with Gasteiger partial charge in [0.1, 0.15) is 0 Å². The van der Waals surface area contributed by atoms with E-state index in [0.29, 0.717) is 0 Å². The topological polar surface area (TPSA) is 0 Å². The van der Waals surface area contributed by atoms with Gasteiger partial charge in [0.25, 0.3) is 0 Å². The summed E-state index contributed by atoms with van der Waals surface area (Å²) in [6.45, 7) is 13.4. The lowest BCUT2D eigenvalue weighted by Crippen LogP contribution is -1.95. The van der Waals surface area contributed by atoms with Crippen LogP contribution in [0.4, 0.5) is 0 Å². The van der Waals surface area contributed by atoms with Crippen LogP contribution >= 0.6 is 11.8 Å². The monoisotopic (exact) mass is 298 g/mol. The number of hydrogen-bond donors (Lipinski definition) is 0. The zero-order chi connectivity index (χ0) is 15.6. The van der Waals surface area contributed by atoms with Crippen LogP contribution in [0.25, 0.3) is 0 Å². The second-order valence-electron chi connectivity index (χ2n) is 5.75. The Labute approximate surface area is 134 Å². The van der Waals surface area contributed by atoms with Crippen molar-refractivity contribution in [2.24, 2.45) is 0 Å². The molecule has 0 bridgehead atoms. The van der Waals surface area contributed by atoms with E-state index in [2.05, 4.69) is 65.8 Å². The first-order valence-electron chi connectivity index (χ1n) is 7.85. The lowest BCUT2D eigenvalue weighted by Gasteiger charge is -2.15. The molecule has 0 radical (unpaired) electrons. The van der Waals surface area contributed by atoms with Crippen LogP contribution in [0.5, 0.6) is 0 Å². The van der Waals surface area contributed by atoms with Gasteiger partial charge < -0.3 is 0 Å². The molecule has 21 heavy (non-hydrogen) atoms. The summed E-state index contributed by atoms with van der Waals surface area (Å²) in [6.07, 6.45) is 2.22. The number of aryl methyl sites for hydroxylation is 2. The summed E-state index contributed by atoms with van der Waals surface area (Å²) in [5.41, 5.74) is 8.67. The lowest BCUT2D eigenvalue weighted by atomic mass is 10.0. The van der Waals surface area contributed by atoms with Crippen molar-refractivity contribution < 1.29 is 0 Å². The molecule has 0 fully saturated rings. The summed E-state index contributed by atoms with van der Waals surface area (Å²) < 4.78 is 0. The minimum atomic E-state index is 1.11. The summed E-state index contributed by atoms with van der Waals surface area (Å²) >= 11 is 1.91. The van der Waals surface area contributed by atoms with Gasteiger partial charge in [-0.25, -0.2) is 0 Å². The normalized spacial score (nSPS) is 11.0. The van der Waals surface area contributed by atoms with Crippen molar-refractivity contribution in [1.82, 2.24) is 0 Å². The van der Waals surface area contributed by atoms with Gasteiger partial charge in [-0.05, 0) is 86.1 Å². The van der Waals surface area contributed by atoms with E-state index in [1.54, 1.807) is 0 Å². The SMILES string of the molecule is CCc1ccc(Sc2ccc(CC)c(C)c2C)c(C)c1C. The average Bonchev–Trinajstić information content (AvgIpc) is 2.49. The van der Waals surface area contributed by atoms with Crippen LogP contribution < -0.4 is 0 Å². The molecule has 112 valence electrons. The molecule has 2 aromatic carbocycles. The molecule has 0 amide bonds. The van der Waals surface area contributed by atoms with Crippen molar-refractivity contribution in [2.45, 2.75) is 64.2 Å². The van der Waals surface area contributed by atoms with Crippen LogP contribution in [-0.4, -0.2) is 0 Å². The van der Waals surface area contributed by atoms with Crippen LogP contribution in [0.2, 0.25) is 0 Å². The van der Waals surface area contributed by atoms with E-state index >= 15 is 0 Å². The van der Waals surface area contributed by atoms with Gasteiger partial charge >= 0.3 is 0 Å². The Balaban J connectivity index is 2.39. The molecule has 0 nitrogen and oxygen atoms in total. The van der Waals surface area contributed by atoms with Gasteiger partial charge in [-0.1, -0.05) is 37.7 Å². The Morgan fingerprint density at radius 1 is 0.619 bits per heavy atom. The standard InChI is InChI=1S/C20H26S/c1-7-17-9-11-19(15(5)13(17)3)21-20-12-10-18(8-2)14(4)16(20)6/h9-12H,7-8H2,1-6H3. The molecule has 0 heterocycles. The summed E-state index contributed by atoms with van der Waals surface area (Å²) in [4.78, 5) is 2.77. The maximum absolute atomic E-state index is 2.29. The summed E-state index contributed by atoms with van der Waals surface area (Å²) in [5, 5.41) is 0. The number of rotatable bonds is 4. The maximum atomic E-state index is 2.29. The van der Waals surface area contributed by atoms with E-state index in [1.807, 2.05) is 11.8 Å². The van der Waals surface area contributed by atoms with Crippen LogP contribution in [0.1, 0.15) is 47.2 Å². The molecule has 2 aromatic rings. The van der Waals surface area contributed by atoms with Gasteiger partial charge in [0, 0.05) is 9.79 Å². The first-order chi connectivity index (χ1) is 9.99. The fourth-order valence-electron chi connectivity index (χ4n) is 2.81. The van der Waals surface area contributed by atoms with E-state index < -0.39 is 0 Å². The summed E-state index contributed by atoms with van der Waals surface area (Å²) in [7, 11) is 0. The van der Waals surface area contributed by atoms with Crippen molar-refractivity contribution >= 4 is 11.8 Å². The van der Waals surface area contributed by atoms with Crippen LogP contribution in [0.15, 0.2) is 34.1 Å². The fourth-order valence-corrected chi connectivity index (χ4v) is 3.93. The predicted molar refractivity (Wildman–Crippen MR) is 94.7 cm³/mol. The molecule has 2 rings (SSSR count). The molecule has 0 aliphatic heterocycles. The van der Waals surface area contributed by atoms with Crippen molar-refractivity contribution in [3.63, 3.8) is 0 Å². The molecule has 0 unspecified atom stereocenters. The highest BCUT2D eigenvalue weighted by Gasteiger charge is 2.10. The van der Waals surface area contributed by atoms with Gasteiger partial charge in [-0.15, -0.1) is 0 Å². The van der Waals surface area contributed by atoms with Gasteiger partial charge in [-0.3, -0.25) is 0 Å². The number of hydrogen-bond acceptors (Lipinski definition) is 1. The molecule has 0 N–H and O–H groups in total. The quantitative estimate of drug-likeness (QED) is 0.648. The molecular weight excluding hydrogens is 272 g/mol. The Morgan fingerprint density at radius 3 is 1.33 bits per heavy atom. The lowest BCUT2D eigenvalue weighted by molar-refractivity contribution is 1.06. The Kier molecular flexibility index (Phi) is 5.16. The van der Waals surface area contributed by atoms with E-state index in [9.17, 15) is 0 Å². The smallest absolute Gasteiger partial charge is 0.0154 e. The summed E-state index contributed by atoms with van der Waals surface area (Å²) in [5.74, 6) is 0. The molecule has 1 heteroatoms. The molecule has 0 aliphatic carbocycles. The molecule has 0 saturated carbocycles. The van der Waals surface area contributed by atoms with Crippen molar-refractivity contribution in [3.05, 3.63) is 57.6 Å². The van der Waals surface area contributed by atoms with E-state index in [0.717, 1.165) is 12.8 Å².